The van der Waals surface area contributed by atoms with Gasteiger partial charge in [-0.1, -0.05) is 30.3 Å². The summed E-state index contributed by atoms with van der Waals surface area (Å²) in [7, 11) is 3.64. The molecule has 0 bridgehead atoms. The Labute approximate surface area is 201 Å². The van der Waals surface area contributed by atoms with Crippen molar-refractivity contribution in [1.82, 2.24) is 15.1 Å². The molecule has 180 valence electrons. The quantitative estimate of drug-likeness (QED) is 0.711. The smallest absolute Gasteiger partial charge is 0.324 e. The fraction of sp³-hybridized carbons (Fsp3) is 0.462. The van der Waals surface area contributed by atoms with E-state index >= 15 is 0 Å². The highest BCUT2D eigenvalue weighted by Crippen LogP contribution is 2.40. The van der Waals surface area contributed by atoms with Crippen molar-refractivity contribution in [3.05, 3.63) is 54.1 Å². The van der Waals surface area contributed by atoms with Crippen molar-refractivity contribution in [3.8, 4) is 5.75 Å². The van der Waals surface area contributed by atoms with Crippen LogP contribution in [0.3, 0.4) is 0 Å². The van der Waals surface area contributed by atoms with E-state index in [2.05, 4.69) is 28.1 Å². The highest BCUT2D eigenvalue weighted by atomic mass is 16.5. The molecule has 3 atom stereocenters. The number of hydrogen-bond donors (Lipinski definition) is 1. The van der Waals surface area contributed by atoms with Crippen LogP contribution in [-0.4, -0.2) is 80.7 Å². The molecule has 0 radical (unpaired) electrons. The van der Waals surface area contributed by atoms with Crippen LogP contribution in [0.1, 0.15) is 24.9 Å². The molecule has 0 aromatic heterocycles. The van der Waals surface area contributed by atoms with E-state index in [9.17, 15) is 9.59 Å². The normalized spacial score (nSPS) is 23.4. The summed E-state index contributed by atoms with van der Waals surface area (Å²) in [5.74, 6) is 0.789. The number of hydrogen-bond acceptors (Lipinski definition) is 6. The van der Waals surface area contributed by atoms with E-state index in [4.69, 9.17) is 4.74 Å². The molecule has 0 spiro atoms. The monoisotopic (exact) mass is 463 g/mol. The second-order valence-corrected chi connectivity index (χ2v) is 9.36. The van der Waals surface area contributed by atoms with Crippen LogP contribution < -0.4 is 19.9 Å². The molecule has 2 fully saturated rings. The van der Waals surface area contributed by atoms with Gasteiger partial charge in [-0.15, -0.1) is 0 Å². The summed E-state index contributed by atoms with van der Waals surface area (Å²) in [6.07, 6.45) is 0.752. The second-order valence-electron chi connectivity index (χ2n) is 9.36. The predicted octanol–water partition coefficient (Wildman–Crippen LogP) is 2.71. The summed E-state index contributed by atoms with van der Waals surface area (Å²) in [5, 5.41) is 3.08. The van der Waals surface area contributed by atoms with E-state index in [0.717, 1.165) is 55.3 Å². The number of imide groups is 1. The Kier molecular flexibility index (Phi) is 6.08. The molecule has 8 heteroatoms. The van der Waals surface area contributed by atoms with E-state index in [1.165, 1.54) is 4.90 Å². The Morgan fingerprint density at radius 3 is 2.41 bits per heavy atom. The van der Waals surface area contributed by atoms with Crippen LogP contribution in [0, 0.1) is 0 Å². The van der Waals surface area contributed by atoms with Crippen LogP contribution in [0.15, 0.2) is 48.5 Å². The lowest BCUT2D eigenvalue weighted by molar-refractivity contribution is -0.131. The van der Waals surface area contributed by atoms with Crippen molar-refractivity contribution in [1.29, 1.82) is 0 Å². The molecule has 3 aliphatic rings. The lowest BCUT2D eigenvalue weighted by atomic mass is 10.00. The van der Waals surface area contributed by atoms with Gasteiger partial charge in [0.15, 0.2) is 0 Å². The van der Waals surface area contributed by atoms with Gasteiger partial charge in [0.2, 0.25) is 0 Å². The zero-order valence-electron chi connectivity index (χ0n) is 20.1. The molecule has 3 unspecified atom stereocenters. The van der Waals surface area contributed by atoms with Crippen LogP contribution in [0.4, 0.5) is 16.2 Å². The highest BCUT2D eigenvalue weighted by Gasteiger charge is 2.48. The molecule has 3 amide bonds. The summed E-state index contributed by atoms with van der Waals surface area (Å²) in [5.41, 5.74) is 3.15. The number of rotatable bonds is 6. The third kappa shape index (κ3) is 3.86. The van der Waals surface area contributed by atoms with Crippen molar-refractivity contribution in [2.45, 2.75) is 31.5 Å². The minimum absolute atomic E-state index is 0.111. The molecule has 2 aromatic carbocycles. The highest BCUT2D eigenvalue weighted by molar-refractivity contribution is 6.03. The lowest BCUT2D eigenvalue weighted by Crippen LogP contribution is -2.61. The average Bonchev–Trinajstić information content (AvgIpc) is 3.15. The lowest BCUT2D eigenvalue weighted by Gasteiger charge is -2.40. The van der Waals surface area contributed by atoms with Crippen LogP contribution in [0.5, 0.6) is 5.75 Å². The van der Waals surface area contributed by atoms with Gasteiger partial charge in [0.05, 0.1) is 18.8 Å². The number of nitrogens with zero attached hydrogens (tertiary/aromatic N) is 4. The summed E-state index contributed by atoms with van der Waals surface area (Å²) in [4.78, 5) is 34.4. The van der Waals surface area contributed by atoms with Crippen molar-refractivity contribution in [2.75, 3.05) is 56.7 Å². The van der Waals surface area contributed by atoms with E-state index in [1.807, 2.05) is 54.4 Å². The Morgan fingerprint density at radius 2 is 1.68 bits per heavy atom. The minimum Gasteiger partial charge on any atom is -0.495 e. The number of carbonyl (C=O) groups is 2. The second kappa shape index (κ2) is 9.18. The Balaban J connectivity index is 1.18. The summed E-state index contributed by atoms with van der Waals surface area (Å²) >= 11 is 0. The molecule has 34 heavy (non-hydrogen) atoms. The fourth-order valence-corrected chi connectivity index (χ4v) is 5.56. The van der Waals surface area contributed by atoms with Gasteiger partial charge in [-0.2, -0.15) is 0 Å². The molecule has 0 aliphatic carbocycles. The number of urea groups is 1. The summed E-state index contributed by atoms with van der Waals surface area (Å²) < 4.78 is 5.52. The number of carbonyl (C=O) groups excluding carboxylic acids is 2. The van der Waals surface area contributed by atoms with Crippen LogP contribution in [0.25, 0.3) is 0 Å². The fourth-order valence-electron chi connectivity index (χ4n) is 5.56. The predicted molar refractivity (Wildman–Crippen MR) is 132 cm³/mol. The van der Waals surface area contributed by atoms with Gasteiger partial charge in [0.25, 0.3) is 5.91 Å². The number of fused-ring (bicyclic) bond motifs is 3. The van der Waals surface area contributed by atoms with E-state index < -0.39 is 0 Å². The maximum atomic E-state index is 13.3. The van der Waals surface area contributed by atoms with Gasteiger partial charge in [0.1, 0.15) is 11.8 Å². The Morgan fingerprint density at radius 1 is 1.00 bits per heavy atom. The van der Waals surface area contributed by atoms with Crippen molar-refractivity contribution >= 4 is 23.3 Å². The zero-order valence-corrected chi connectivity index (χ0v) is 20.1. The molecule has 2 aromatic rings. The molecular weight excluding hydrogens is 430 g/mol. The Hall–Kier alpha value is -3.26. The van der Waals surface area contributed by atoms with Crippen LogP contribution in [-0.2, 0) is 4.79 Å². The number of anilines is 2. The van der Waals surface area contributed by atoms with Crippen LogP contribution in [0.2, 0.25) is 0 Å². The molecule has 5 rings (SSSR count). The first kappa shape index (κ1) is 22.5. The number of methoxy groups -OCH3 is 1. The zero-order chi connectivity index (χ0) is 23.8. The molecule has 8 nitrogen and oxygen atoms in total. The largest absolute Gasteiger partial charge is 0.495 e. The van der Waals surface area contributed by atoms with E-state index in [-0.39, 0.29) is 30.1 Å². The molecule has 0 saturated carbocycles. The van der Waals surface area contributed by atoms with Gasteiger partial charge in [-0.3, -0.25) is 14.6 Å². The van der Waals surface area contributed by atoms with Gasteiger partial charge < -0.3 is 19.9 Å². The number of piperazine rings is 1. The maximum absolute atomic E-state index is 13.3. The number of amides is 3. The summed E-state index contributed by atoms with van der Waals surface area (Å²) in [6, 6.07) is 15.4. The first-order valence-electron chi connectivity index (χ1n) is 12.0. The first-order chi connectivity index (χ1) is 16.5. The Bertz CT molecular complexity index is 1070. The molecule has 1 N–H and O–H groups in total. The SMILES string of the molecule is COc1ccccc1N1CCN(C(C)CCN2C(=O)NC3c4ccccc4N(C)C3C2=O)CC1. The number of nitrogens with one attached hydrogen (secondary N) is 1. The third-order valence-electron chi connectivity index (χ3n) is 7.56. The minimum atomic E-state index is -0.380. The van der Waals surface area contributed by atoms with Crippen molar-refractivity contribution in [3.63, 3.8) is 0 Å². The van der Waals surface area contributed by atoms with Crippen molar-refractivity contribution in [2.24, 2.45) is 0 Å². The van der Waals surface area contributed by atoms with Gasteiger partial charge in [-0.05, 0) is 31.5 Å². The van der Waals surface area contributed by atoms with Crippen molar-refractivity contribution < 1.29 is 14.3 Å². The van der Waals surface area contributed by atoms with E-state index in [1.54, 1.807) is 7.11 Å². The number of ether oxygens (including phenoxy) is 1. The number of benzene rings is 2. The molecule has 2 saturated heterocycles. The number of likely N-dealkylation sites (N-methyl/N-ethyl adjacent to an activating group) is 1. The topological polar surface area (TPSA) is 68.4 Å². The molecular formula is C26H33N5O3. The summed E-state index contributed by atoms with van der Waals surface area (Å²) in [6.45, 7) is 6.31. The molecule has 3 aliphatic heterocycles. The van der Waals surface area contributed by atoms with Gasteiger partial charge in [-0.25, -0.2) is 4.79 Å². The maximum Gasteiger partial charge on any atom is 0.324 e. The first-order valence-corrected chi connectivity index (χ1v) is 12.0. The third-order valence-corrected chi connectivity index (χ3v) is 7.56. The van der Waals surface area contributed by atoms with Gasteiger partial charge in [0, 0.05) is 57.1 Å². The van der Waals surface area contributed by atoms with Crippen LogP contribution >= 0.6 is 0 Å². The van der Waals surface area contributed by atoms with Gasteiger partial charge >= 0.3 is 6.03 Å². The van der Waals surface area contributed by atoms with E-state index in [0.29, 0.717) is 6.54 Å². The average molecular weight is 464 g/mol. The number of para-hydroxylation sites is 3. The standard InChI is InChI=1S/C26H33N5O3/c1-18(29-14-16-30(17-15-29)21-10-6-7-11-22(21)34-3)12-13-31-25(32)24-23(27-26(31)33)19-8-4-5-9-20(19)28(24)2/h4-11,18,23-24H,12-17H2,1-3H3,(H,27,33). The molecule has 3 heterocycles.